The van der Waals surface area contributed by atoms with Crippen LogP contribution in [0.2, 0.25) is 0 Å². The molecule has 35 heavy (non-hydrogen) atoms. The molecule has 0 aliphatic carbocycles. The van der Waals surface area contributed by atoms with E-state index in [9.17, 15) is 14.4 Å². The third-order valence-corrected chi connectivity index (χ3v) is 6.61. The van der Waals surface area contributed by atoms with E-state index in [1.165, 1.54) is 0 Å². The molecule has 7 nitrogen and oxygen atoms in total. The number of benzene rings is 2. The number of ether oxygens (including phenoxy) is 2. The van der Waals surface area contributed by atoms with Gasteiger partial charge in [0.05, 0.1) is 11.5 Å². The van der Waals surface area contributed by atoms with Crippen LogP contribution in [0.4, 0.5) is 4.79 Å². The summed E-state index contributed by atoms with van der Waals surface area (Å²) < 4.78 is 11.1. The molecule has 2 aromatic rings. The Labute approximate surface area is 207 Å². The van der Waals surface area contributed by atoms with Gasteiger partial charge < -0.3 is 14.8 Å². The number of carbonyl (C=O) groups excluding carboxylic acids is 3. The highest BCUT2D eigenvalue weighted by molar-refractivity contribution is 6.03. The predicted octanol–water partition coefficient (Wildman–Crippen LogP) is 5.06. The van der Waals surface area contributed by atoms with Crippen molar-refractivity contribution in [3.63, 3.8) is 0 Å². The Morgan fingerprint density at radius 3 is 2.37 bits per heavy atom. The number of β-lactam (4-membered cyclic amide) rings is 1. The van der Waals surface area contributed by atoms with Crippen LogP contribution in [0.3, 0.4) is 0 Å². The Bertz CT molecular complexity index is 1030. The zero-order valence-corrected chi connectivity index (χ0v) is 20.7. The van der Waals surface area contributed by atoms with Crippen molar-refractivity contribution >= 4 is 17.9 Å². The van der Waals surface area contributed by atoms with Crippen LogP contribution in [0.5, 0.6) is 0 Å². The number of likely N-dealkylation sites (tertiary alicyclic amines) is 1. The van der Waals surface area contributed by atoms with Gasteiger partial charge in [-0.3, -0.25) is 4.79 Å². The number of nitrogens with one attached hydrogen (secondary N) is 1. The number of nitrogens with zero attached hydrogens (tertiary/aromatic N) is 1. The molecule has 3 rings (SSSR count). The Kier molecular flexibility index (Phi) is 8.82. The van der Waals surface area contributed by atoms with E-state index in [-0.39, 0.29) is 25.2 Å². The van der Waals surface area contributed by atoms with Crippen LogP contribution in [0.15, 0.2) is 67.3 Å². The van der Waals surface area contributed by atoms with Crippen molar-refractivity contribution in [3.05, 3.63) is 83.9 Å². The van der Waals surface area contributed by atoms with Crippen molar-refractivity contribution < 1.29 is 23.9 Å². The van der Waals surface area contributed by atoms with E-state index in [0.717, 1.165) is 21.6 Å². The van der Waals surface area contributed by atoms with Crippen LogP contribution < -0.4 is 5.32 Å². The number of amides is 3. The fourth-order valence-electron chi connectivity index (χ4n) is 4.36. The zero-order chi connectivity index (χ0) is 25.4. The van der Waals surface area contributed by atoms with Crippen LogP contribution in [0.25, 0.3) is 0 Å². The summed E-state index contributed by atoms with van der Waals surface area (Å²) in [5.41, 5.74) is 2.03. The van der Waals surface area contributed by atoms with Gasteiger partial charge in [-0.05, 0) is 37.3 Å². The smallest absolute Gasteiger partial charge is 0.332 e. The van der Waals surface area contributed by atoms with Crippen molar-refractivity contribution in [3.8, 4) is 0 Å². The fraction of sp³-hybridized carbons (Fsp3) is 0.393. The number of rotatable bonds is 11. The van der Waals surface area contributed by atoms with Gasteiger partial charge in [0, 0.05) is 0 Å². The topological polar surface area (TPSA) is 84.9 Å². The van der Waals surface area contributed by atoms with Gasteiger partial charge in [-0.25, -0.2) is 14.5 Å². The Morgan fingerprint density at radius 1 is 1.11 bits per heavy atom. The second kappa shape index (κ2) is 11.8. The van der Waals surface area contributed by atoms with E-state index in [1.807, 2.05) is 75.4 Å². The Balaban J connectivity index is 1.68. The van der Waals surface area contributed by atoms with E-state index in [4.69, 9.17) is 9.47 Å². The quantitative estimate of drug-likeness (QED) is 0.277. The molecule has 0 aromatic heterocycles. The molecule has 1 N–H and O–H groups in total. The second-order valence-electron chi connectivity index (χ2n) is 8.79. The van der Waals surface area contributed by atoms with Crippen molar-refractivity contribution in [1.29, 1.82) is 0 Å². The lowest BCUT2D eigenvalue weighted by molar-refractivity contribution is -0.214. The second-order valence-corrected chi connectivity index (χ2v) is 8.79. The maximum Gasteiger partial charge on any atom is 0.332 e. The van der Waals surface area contributed by atoms with Gasteiger partial charge in [-0.2, -0.15) is 0 Å². The molecular weight excluding hydrogens is 444 g/mol. The first-order chi connectivity index (χ1) is 16.9. The summed E-state index contributed by atoms with van der Waals surface area (Å²) in [5, 5.41) is 2.94. The van der Waals surface area contributed by atoms with Gasteiger partial charge in [-0.1, -0.05) is 80.1 Å². The summed E-state index contributed by atoms with van der Waals surface area (Å²) in [4.78, 5) is 39.7. The number of carbonyl (C=O) groups is 3. The summed E-state index contributed by atoms with van der Waals surface area (Å²) in [6.07, 6.45) is 2.35. The maximum absolute atomic E-state index is 13.2. The molecule has 1 aliphatic rings. The first-order valence-corrected chi connectivity index (χ1v) is 12.0. The molecule has 0 unspecified atom stereocenters. The normalized spacial score (nSPS) is 17.3. The summed E-state index contributed by atoms with van der Waals surface area (Å²) in [6.45, 7) is 9.32. The zero-order valence-electron chi connectivity index (χ0n) is 20.7. The highest BCUT2D eigenvalue weighted by atomic mass is 16.6. The molecule has 0 radical (unpaired) electrons. The van der Waals surface area contributed by atoms with E-state index < -0.39 is 23.6 Å². The third-order valence-electron chi connectivity index (χ3n) is 6.61. The Morgan fingerprint density at radius 2 is 1.77 bits per heavy atom. The largest absolute Gasteiger partial charge is 0.459 e. The van der Waals surface area contributed by atoms with Gasteiger partial charge in [0.15, 0.2) is 6.23 Å². The van der Waals surface area contributed by atoms with Gasteiger partial charge in [0.25, 0.3) is 0 Å². The SMILES string of the molecule is C=CC[C@@H](NC(=O)N1C(=O)C(CC)(CC)[C@@H]1OCC(=O)OCc1ccccc1)c1ccc(C)cc1. The molecule has 1 heterocycles. The molecule has 2 atom stereocenters. The molecule has 7 heteroatoms. The van der Waals surface area contributed by atoms with Crippen LogP contribution in [-0.2, 0) is 25.7 Å². The molecule has 3 amide bonds. The lowest BCUT2D eigenvalue weighted by atomic mass is 9.72. The summed E-state index contributed by atoms with van der Waals surface area (Å²) >= 11 is 0. The molecule has 0 spiro atoms. The number of imide groups is 1. The highest BCUT2D eigenvalue weighted by Gasteiger charge is 2.62. The minimum absolute atomic E-state index is 0.128. The summed E-state index contributed by atoms with van der Waals surface area (Å²) in [5.74, 6) is -0.859. The van der Waals surface area contributed by atoms with Crippen LogP contribution >= 0.6 is 0 Å². The summed E-state index contributed by atoms with van der Waals surface area (Å²) in [7, 11) is 0. The van der Waals surface area contributed by atoms with E-state index in [2.05, 4.69) is 11.9 Å². The Hall–Kier alpha value is -3.45. The summed E-state index contributed by atoms with van der Waals surface area (Å²) in [6, 6.07) is 16.3. The van der Waals surface area contributed by atoms with Gasteiger partial charge in [0.2, 0.25) is 5.91 Å². The van der Waals surface area contributed by atoms with E-state index in [1.54, 1.807) is 6.08 Å². The molecule has 1 aliphatic heterocycles. The molecular formula is C28H34N2O5. The highest BCUT2D eigenvalue weighted by Crippen LogP contribution is 2.46. The average molecular weight is 479 g/mol. The third kappa shape index (κ3) is 5.80. The van der Waals surface area contributed by atoms with Crippen molar-refractivity contribution in [2.24, 2.45) is 5.41 Å². The molecule has 1 saturated heterocycles. The number of hydrogen-bond acceptors (Lipinski definition) is 5. The fourth-order valence-corrected chi connectivity index (χ4v) is 4.36. The van der Waals surface area contributed by atoms with Crippen molar-refractivity contribution in [2.45, 2.75) is 58.9 Å². The van der Waals surface area contributed by atoms with Gasteiger partial charge in [-0.15, -0.1) is 6.58 Å². The van der Waals surface area contributed by atoms with Gasteiger partial charge >= 0.3 is 12.0 Å². The number of urea groups is 1. The minimum atomic E-state index is -0.852. The minimum Gasteiger partial charge on any atom is -0.459 e. The predicted molar refractivity (Wildman–Crippen MR) is 133 cm³/mol. The standard InChI is InChI=1S/C28H34N2O5/c1-5-11-23(22-16-14-20(4)15-17-22)29-27(33)30-25(32)28(6-2,7-3)26(30)35-19-24(31)34-18-21-12-9-8-10-13-21/h5,8-10,12-17,23,26H,1,6-7,11,18-19H2,2-4H3,(H,29,33)/t23-,26+/m1/s1. The number of esters is 1. The maximum atomic E-state index is 13.2. The monoisotopic (exact) mass is 478 g/mol. The molecule has 186 valence electrons. The van der Waals surface area contributed by atoms with Crippen LogP contribution in [0, 0.1) is 12.3 Å². The number of aryl methyl sites for hydroxylation is 1. The van der Waals surface area contributed by atoms with Gasteiger partial charge in [0.1, 0.15) is 13.2 Å². The van der Waals surface area contributed by atoms with E-state index in [0.29, 0.717) is 19.3 Å². The van der Waals surface area contributed by atoms with Crippen molar-refractivity contribution in [1.82, 2.24) is 10.2 Å². The molecule has 1 fully saturated rings. The van der Waals surface area contributed by atoms with Crippen LogP contribution in [0.1, 0.15) is 55.8 Å². The molecule has 0 saturated carbocycles. The van der Waals surface area contributed by atoms with Crippen LogP contribution in [-0.4, -0.2) is 35.6 Å². The first kappa shape index (κ1) is 26.2. The first-order valence-electron chi connectivity index (χ1n) is 12.0. The lowest BCUT2D eigenvalue weighted by Crippen LogP contribution is -2.72. The lowest BCUT2D eigenvalue weighted by Gasteiger charge is -2.53. The number of hydrogen-bond donors (Lipinski definition) is 1. The average Bonchev–Trinajstić information content (AvgIpc) is 2.87. The molecule has 2 aromatic carbocycles. The molecule has 0 bridgehead atoms. The van der Waals surface area contributed by atoms with Crippen molar-refractivity contribution in [2.75, 3.05) is 6.61 Å². The van der Waals surface area contributed by atoms with E-state index >= 15 is 0 Å².